The lowest BCUT2D eigenvalue weighted by Gasteiger charge is -2.35. The van der Waals surface area contributed by atoms with E-state index >= 15 is 0 Å². The van der Waals surface area contributed by atoms with Crippen LogP contribution >= 0.6 is 22.6 Å². The van der Waals surface area contributed by atoms with Gasteiger partial charge in [-0.15, -0.1) is 0 Å². The van der Waals surface area contributed by atoms with E-state index in [9.17, 15) is 4.79 Å². The molecule has 0 atom stereocenters. The minimum Gasteiger partial charge on any atom is -0.465 e. The highest BCUT2D eigenvalue weighted by Crippen LogP contribution is 2.25. The van der Waals surface area contributed by atoms with Crippen LogP contribution in [0.3, 0.4) is 0 Å². The van der Waals surface area contributed by atoms with Crippen molar-refractivity contribution in [2.24, 2.45) is 5.92 Å². The summed E-state index contributed by atoms with van der Waals surface area (Å²) in [7, 11) is 1.34. The second-order valence-electron chi connectivity index (χ2n) is 4.46. The van der Waals surface area contributed by atoms with Crippen molar-refractivity contribution < 1.29 is 19.0 Å². The first-order valence-corrected chi connectivity index (χ1v) is 7.57. The molecule has 17 heavy (non-hydrogen) atoms. The van der Waals surface area contributed by atoms with Gasteiger partial charge in [-0.1, -0.05) is 35.4 Å². The lowest BCUT2D eigenvalue weighted by molar-refractivity contribution is -0.272. The number of rotatable bonds is 6. The van der Waals surface area contributed by atoms with Crippen LogP contribution in [-0.2, 0) is 19.0 Å². The Morgan fingerprint density at radius 3 is 2.53 bits per heavy atom. The SMILES string of the molecule is COC(=O)C1(C)OCC(CCCCCI)CO1. The highest BCUT2D eigenvalue weighted by atomic mass is 127. The molecule has 0 bridgehead atoms. The second kappa shape index (κ2) is 7.53. The van der Waals surface area contributed by atoms with E-state index in [1.54, 1.807) is 6.92 Å². The molecular formula is C12H21IO4. The Kier molecular flexibility index (Phi) is 6.72. The zero-order chi connectivity index (χ0) is 12.7. The number of hydrogen-bond donors (Lipinski definition) is 0. The van der Waals surface area contributed by atoms with Gasteiger partial charge in [-0.25, -0.2) is 4.79 Å². The van der Waals surface area contributed by atoms with Gasteiger partial charge in [-0.2, -0.15) is 0 Å². The molecule has 1 rings (SSSR count). The third-order valence-electron chi connectivity index (χ3n) is 2.99. The van der Waals surface area contributed by atoms with Gasteiger partial charge in [0, 0.05) is 12.8 Å². The summed E-state index contributed by atoms with van der Waals surface area (Å²) in [6.45, 7) is 2.77. The second-order valence-corrected chi connectivity index (χ2v) is 5.54. The zero-order valence-electron chi connectivity index (χ0n) is 10.5. The molecule has 5 heteroatoms. The van der Waals surface area contributed by atoms with Crippen molar-refractivity contribution in [2.45, 2.75) is 38.4 Å². The first-order chi connectivity index (χ1) is 8.12. The predicted octanol–water partition coefficient (Wildman–Crippen LogP) is 2.53. The summed E-state index contributed by atoms with van der Waals surface area (Å²) in [6.07, 6.45) is 4.84. The number of alkyl halides is 1. The Hall–Kier alpha value is 0.120. The molecular weight excluding hydrogens is 335 g/mol. The van der Waals surface area contributed by atoms with Gasteiger partial charge in [0.1, 0.15) is 0 Å². The maximum Gasteiger partial charge on any atom is 0.366 e. The van der Waals surface area contributed by atoms with E-state index in [0.29, 0.717) is 19.1 Å². The molecule has 100 valence electrons. The third kappa shape index (κ3) is 4.71. The van der Waals surface area contributed by atoms with Crippen molar-refractivity contribution in [3.63, 3.8) is 0 Å². The lowest BCUT2D eigenvalue weighted by atomic mass is 10.0. The molecule has 0 aromatic carbocycles. The molecule has 1 aliphatic rings. The van der Waals surface area contributed by atoms with Gasteiger partial charge in [0.2, 0.25) is 0 Å². The van der Waals surface area contributed by atoms with Crippen LogP contribution in [0.2, 0.25) is 0 Å². The van der Waals surface area contributed by atoms with Gasteiger partial charge >= 0.3 is 5.97 Å². The normalized spacial score (nSPS) is 29.0. The summed E-state index contributed by atoms with van der Waals surface area (Å²) in [5.41, 5.74) is 0. The molecule has 0 aromatic heterocycles. The molecule has 1 aliphatic heterocycles. The monoisotopic (exact) mass is 356 g/mol. The number of halogens is 1. The first kappa shape index (κ1) is 15.2. The third-order valence-corrected chi connectivity index (χ3v) is 3.75. The van der Waals surface area contributed by atoms with E-state index in [4.69, 9.17) is 9.47 Å². The summed E-state index contributed by atoms with van der Waals surface area (Å²) in [5.74, 6) is -1.25. The van der Waals surface area contributed by atoms with E-state index in [0.717, 1.165) is 6.42 Å². The van der Waals surface area contributed by atoms with Gasteiger partial charge in [0.15, 0.2) is 0 Å². The Morgan fingerprint density at radius 1 is 1.35 bits per heavy atom. The largest absolute Gasteiger partial charge is 0.465 e. The smallest absolute Gasteiger partial charge is 0.366 e. The van der Waals surface area contributed by atoms with Crippen LogP contribution in [-0.4, -0.2) is 36.5 Å². The van der Waals surface area contributed by atoms with Gasteiger partial charge in [-0.05, 0) is 17.3 Å². The molecule has 1 heterocycles. The summed E-state index contributed by atoms with van der Waals surface area (Å²) in [4.78, 5) is 11.4. The number of unbranched alkanes of at least 4 members (excludes halogenated alkanes) is 2. The molecule has 0 N–H and O–H groups in total. The fourth-order valence-corrected chi connectivity index (χ4v) is 2.36. The topological polar surface area (TPSA) is 44.8 Å². The van der Waals surface area contributed by atoms with E-state index in [-0.39, 0.29) is 0 Å². The van der Waals surface area contributed by atoms with E-state index in [1.807, 2.05) is 0 Å². The average molecular weight is 356 g/mol. The van der Waals surface area contributed by atoms with Crippen molar-refractivity contribution in [1.29, 1.82) is 0 Å². The average Bonchev–Trinajstić information content (AvgIpc) is 2.36. The number of carbonyl (C=O) groups excluding carboxylic acids is 1. The summed E-state index contributed by atoms with van der Waals surface area (Å²) in [6, 6.07) is 0. The summed E-state index contributed by atoms with van der Waals surface area (Å²) < 4.78 is 16.8. The standard InChI is InChI=1S/C12H21IO4/c1-12(11(14)15-2)16-8-10(9-17-12)6-4-3-5-7-13/h10H,3-9H2,1-2H3. The highest BCUT2D eigenvalue weighted by molar-refractivity contribution is 14.1. The molecule has 0 aliphatic carbocycles. The van der Waals surface area contributed by atoms with Crippen molar-refractivity contribution in [3.8, 4) is 0 Å². The molecule has 0 spiro atoms. The van der Waals surface area contributed by atoms with E-state index in [2.05, 4.69) is 27.3 Å². The van der Waals surface area contributed by atoms with Crippen LogP contribution < -0.4 is 0 Å². The van der Waals surface area contributed by atoms with Crippen molar-refractivity contribution >= 4 is 28.6 Å². The Bertz CT molecular complexity index is 237. The van der Waals surface area contributed by atoms with Crippen LogP contribution in [0.5, 0.6) is 0 Å². The molecule has 1 fully saturated rings. The van der Waals surface area contributed by atoms with E-state index in [1.165, 1.54) is 30.8 Å². The van der Waals surface area contributed by atoms with Gasteiger partial charge < -0.3 is 14.2 Å². The van der Waals surface area contributed by atoms with Crippen LogP contribution in [0.25, 0.3) is 0 Å². The summed E-state index contributed by atoms with van der Waals surface area (Å²) >= 11 is 2.40. The van der Waals surface area contributed by atoms with Gasteiger partial charge in [-0.3, -0.25) is 0 Å². The maximum absolute atomic E-state index is 11.4. The van der Waals surface area contributed by atoms with Crippen LogP contribution in [0, 0.1) is 5.92 Å². The molecule has 4 nitrogen and oxygen atoms in total. The fraction of sp³-hybridized carbons (Fsp3) is 0.917. The zero-order valence-corrected chi connectivity index (χ0v) is 12.7. The molecule has 0 saturated carbocycles. The molecule has 0 unspecified atom stereocenters. The lowest BCUT2D eigenvalue weighted by Crippen LogP contribution is -2.48. The summed E-state index contributed by atoms with van der Waals surface area (Å²) in [5, 5.41) is 0. The Labute approximate surface area is 117 Å². The minimum atomic E-state index is -1.20. The van der Waals surface area contributed by atoms with Crippen LogP contribution in [0.1, 0.15) is 32.6 Å². The van der Waals surface area contributed by atoms with Gasteiger partial charge in [0.25, 0.3) is 5.79 Å². The van der Waals surface area contributed by atoms with E-state index < -0.39 is 11.8 Å². The van der Waals surface area contributed by atoms with Crippen LogP contribution in [0.4, 0.5) is 0 Å². The molecule has 1 saturated heterocycles. The number of carbonyl (C=O) groups is 1. The Morgan fingerprint density at radius 2 is 2.00 bits per heavy atom. The van der Waals surface area contributed by atoms with Crippen molar-refractivity contribution in [2.75, 3.05) is 24.8 Å². The molecule has 0 amide bonds. The van der Waals surface area contributed by atoms with Crippen LogP contribution in [0.15, 0.2) is 0 Å². The molecule has 0 aromatic rings. The van der Waals surface area contributed by atoms with Crippen molar-refractivity contribution in [1.82, 2.24) is 0 Å². The maximum atomic E-state index is 11.4. The number of ether oxygens (including phenoxy) is 3. The van der Waals surface area contributed by atoms with Crippen molar-refractivity contribution in [3.05, 3.63) is 0 Å². The number of methoxy groups -OCH3 is 1. The minimum absolute atomic E-state index is 0.405. The fourth-order valence-electron chi connectivity index (χ4n) is 1.82. The quantitative estimate of drug-likeness (QED) is 0.318. The predicted molar refractivity (Wildman–Crippen MR) is 73.2 cm³/mol. The molecule has 0 radical (unpaired) electrons. The number of hydrogen-bond acceptors (Lipinski definition) is 4. The highest BCUT2D eigenvalue weighted by Gasteiger charge is 2.41. The van der Waals surface area contributed by atoms with Gasteiger partial charge in [0.05, 0.1) is 20.3 Å². The Balaban J connectivity index is 2.23. The number of esters is 1. The first-order valence-electron chi connectivity index (χ1n) is 6.04.